The lowest BCUT2D eigenvalue weighted by Crippen LogP contribution is -2.23. The van der Waals surface area contributed by atoms with Crippen LogP contribution in [0.2, 0.25) is 0 Å². The van der Waals surface area contributed by atoms with Crippen LogP contribution in [0, 0.1) is 5.92 Å². The van der Waals surface area contributed by atoms with Crippen LogP contribution in [-0.4, -0.2) is 21.1 Å². The van der Waals surface area contributed by atoms with Gasteiger partial charge in [-0.25, -0.2) is 4.98 Å². The molecule has 1 saturated carbocycles. The van der Waals surface area contributed by atoms with E-state index in [0.717, 1.165) is 12.3 Å². The molecule has 0 aromatic carbocycles. The lowest BCUT2D eigenvalue weighted by molar-refractivity contribution is -0.121. The van der Waals surface area contributed by atoms with Gasteiger partial charge in [-0.1, -0.05) is 32.1 Å². The summed E-state index contributed by atoms with van der Waals surface area (Å²) in [7, 11) is 0. The van der Waals surface area contributed by atoms with Gasteiger partial charge < -0.3 is 5.32 Å². The number of amides is 1. The van der Waals surface area contributed by atoms with Crippen molar-refractivity contribution in [3.63, 3.8) is 0 Å². The average Bonchev–Trinajstić information content (AvgIpc) is 2.91. The number of hydrogen-bond donors (Lipinski definition) is 2. The largest absolute Gasteiger partial charge is 0.349 e. The smallest absolute Gasteiger partial charge is 0.220 e. The highest BCUT2D eigenvalue weighted by atomic mass is 16.1. The molecule has 0 aliphatic heterocycles. The zero-order chi connectivity index (χ0) is 12.6. The second kappa shape index (κ2) is 7.13. The van der Waals surface area contributed by atoms with Crippen molar-refractivity contribution in [1.82, 2.24) is 20.5 Å². The van der Waals surface area contributed by atoms with Crippen molar-refractivity contribution in [3.05, 3.63) is 12.2 Å². The second-order valence-corrected chi connectivity index (χ2v) is 5.11. The van der Waals surface area contributed by atoms with Crippen LogP contribution in [0.4, 0.5) is 0 Å². The summed E-state index contributed by atoms with van der Waals surface area (Å²) < 4.78 is 0. The molecule has 1 aromatic rings. The third kappa shape index (κ3) is 4.47. The van der Waals surface area contributed by atoms with E-state index < -0.39 is 0 Å². The maximum Gasteiger partial charge on any atom is 0.220 e. The van der Waals surface area contributed by atoms with Gasteiger partial charge in [-0.05, 0) is 18.8 Å². The van der Waals surface area contributed by atoms with E-state index in [-0.39, 0.29) is 5.91 Å². The second-order valence-electron chi connectivity index (χ2n) is 5.11. The van der Waals surface area contributed by atoms with E-state index in [2.05, 4.69) is 20.5 Å². The Kier molecular flexibility index (Phi) is 5.17. The fraction of sp³-hybridized carbons (Fsp3) is 0.769. The van der Waals surface area contributed by atoms with Gasteiger partial charge >= 0.3 is 0 Å². The quantitative estimate of drug-likeness (QED) is 0.813. The highest BCUT2D eigenvalue weighted by Gasteiger charge is 2.13. The SMILES string of the molecule is O=C(CCCC1CCCCC1)NCc1ncn[nH]1. The minimum Gasteiger partial charge on any atom is -0.349 e. The molecule has 0 saturated heterocycles. The summed E-state index contributed by atoms with van der Waals surface area (Å²) in [4.78, 5) is 15.6. The van der Waals surface area contributed by atoms with Crippen LogP contribution in [0.5, 0.6) is 0 Å². The maximum atomic E-state index is 11.6. The molecule has 0 bridgehead atoms. The van der Waals surface area contributed by atoms with Crippen molar-refractivity contribution in [2.45, 2.75) is 57.9 Å². The highest BCUT2D eigenvalue weighted by molar-refractivity contribution is 5.75. The summed E-state index contributed by atoms with van der Waals surface area (Å²) in [5.41, 5.74) is 0. The van der Waals surface area contributed by atoms with Crippen molar-refractivity contribution < 1.29 is 4.79 Å². The van der Waals surface area contributed by atoms with E-state index in [9.17, 15) is 4.79 Å². The van der Waals surface area contributed by atoms with Gasteiger partial charge in [0.1, 0.15) is 12.2 Å². The maximum absolute atomic E-state index is 11.6. The van der Waals surface area contributed by atoms with Crippen molar-refractivity contribution in [2.24, 2.45) is 5.92 Å². The minimum absolute atomic E-state index is 0.113. The zero-order valence-corrected chi connectivity index (χ0v) is 10.8. The van der Waals surface area contributed by atoms with Crippen LogP contribution in [-0.2, 0) is 11.3 Å². The molecule has 0 spiro atoms. The van der Waals surface area contributed by atoms with Gasteiger partial charge in [-0.3, -0.25) is 9.89 Å². The Labute approximate surface area is 108 Å². The number of nitrogens with one attached hydrogen (secondary N) is 2. The van der Waals surface area contributed by atoms with Crippen molar-refractivity contribution in [1.29, 1.82) is 0 Å². The van der Waals surface area contributed by atoms with Gasteiger partial charge in [0.2, 0.25) is 5.91 Å². The van der Waals surface area contributed by atoms with Gasteiger partial charge in [-0.2, -0.15) is 5.10 Å². The molecule has 1 aliphatic rings. The van der Waals surface area contributed by atoms with Gasteiger partial charge in [-0.15, -0.1) is 0 Å². The Morgan fingerprint density at radius 2 is 2.22 bits per heavy atom. The number of aromatic amines is 1. The normalized spacial score (nSPS) is 16.7. The van der Waals surface area contributed by atoms with E-state index in [4.69, 9.17) is 0 Å². The van der Waals surface area contributed by atoms with Gasteiger partial charge in [0.15, 0.2) is 0 Å². The molecule has 1 aromatic heterocycles. The summed E-state index contributed by atoms with van der Waals surface area (Å²) in [5.74, 6) is 1.68. The molecule has 2 rings (SSSR count). The topological polar surface area (TPSA) is 70.7 Å². The van der Waals surface area contributed by atoms with Crippen molar-refractivity contribution in [2.75, 3.05) is 0 Å². The molecule has 0 atom stereocenters. The average molecular weight is 250 g/mol. The molecule has 1 aliphatic carbocycles. The van der Waals surface area contributed by atoms with Gasteiger partial charge in [0, 0.05) is 6.42 Å². The molecule has 1 heterocycles. The van der Waals surface area contributed by atoms with E-state index in [0.29, 0.717) is 18.8 Å². The zero-order valence-electron chi connectivity index (χ0n) is 10.8. The molecule has 5 heteroatoms. The van der Waals surface area contributed by atoms with Crippen molar-refractivity contribution >= 4 is 5.91 Å². The number of nitrogens with zero attached hydrogens (tertiary/aromatic N) is 2. The molecule has 1 amide bonds. The molecular weight excluding hydrogens is 228 g/mol. The first-order valence-corrected chi connectivity index (χ1v) is 6.95. The third-order valence-electron chi connectivity index (χ3n) is 3.66. The van der Waals surface area contributed by atoms with Gasteiger partial charge in [0.05, 0.1) is 6.54 Å². The predicted octanol–water partition coefficient (Wildman–Crippen LogP) is 2.17. The number of carbonyl (C=O) groups is 1. The first-order chi connectivity index (χ1) is 8.84. The van der Waals surface area contributed by atoms with Crippen molar-refractivity contribution in [3.8, 4) is 0 Å². The Morgan fingerprint density at radius 3 is 2.94 bits per heavy atom. The fourth-order valence-corrected chi connectivity index (χ4v) is 2.61. The molecular formula is C13H22N4O. The Hall–Kier alpha value is -1.39. The number of carbonyl (C=O) groups excluding carboxylic acids is 1. The number of aromatic nitrogens is 3. The molecule has 0 radical (unpaired) electrons. The summed E-state index contributed by atoms with van der Waals surface area (Å²) in [6, 6.07) is 0. The monoisotopic (exact) mass is 250 g/mol. The van der Waals surface area contributed by atoms with Crippen LogP contribution < -0.4 is 5.32 Å². The molecule has 0 unspecified atom stereocenters. The number of hydrogen-bond acceptors (Lipinski definition) is 3. The van der Waals surface area contributed by atoms with Crippen LogP contribution in [0.1, 0.15) is 57.2 Å². The van der Waals surface area contributed by atoms with Crippen LogP contribution in [0.15, 0.2) is 6.33 Å². The molecule has 100 valence electrons. The van der Waals surface area contributed by atoms with E-state index in [1.165, 1.54) is 44.9 Å². The summed E-state index contributed by atoms with van der Waals surface area (Å²) in [6.07, 6.45) is 11.2. The Balaban J connectivity index is 1.54. The van der Waals surface area contributed by atoms with Crippen LogP contribution in [0.3, 0.4) is 0 Å². The van der Waals surface area contributed by atoms with Gasteiger partial charge in [0.25, 0.3) is 0 Å². The standard InChI is InChI=1S/C13H22N4O/c18-13(14-9-12-15-10-16-17-12)8-4-7-11-5-2-1-3-6-11/h10-11H,1-9H2,(H,14,18)(H,15,16,17). The first kappa shape index (κ1) is 13.1. The first-order valence-electron chi connectivity index (χ1n) is 6.95. The Morgan fingerprint density at radius 1 is 1.39 bits per heavy atom. The molecule has 5 nitrogen and oxygen atoms in total. The van der Waals surface area contributed by atoms with Crippen LogP contribution in [0.25, 0.3) is 0 Å². The third-order valence-corrected chi connectivity index (χ3v) is 3.66. The predicted molar refractivity (Wildman–Crippen MR) is 68.7 cm³/mol. The lowest BCUT2D eigenvalue weighted by atomic mass is 9.86. The fourth-order valence-electron chi connectivity index (χ4n) is 2.61. The van der Waals surface area contributed by atoms with Crippen LogP contribution >= 0.6 is 0 Å². The molecule has 1 fully saturated rings. The van der Waals surface area contributed by atoms with E-state index >= 15 is 0 Å². The minimum atomic E-state index is 0.113. The summed E-state index contributed by atoms with van der Waals surface area (Å²) >= 11 is 0. The summed E-state index contributed by atoms with van der Waals surface area (Å²) in [5, 5.41) is 9.31. The lowest BCUT2D eigenvalue weighted by Gasteiger charge is -2.21. The molecule has 2 N–H and O–H groups in total. The summed E-state index contributed by atoms with van der Waals surface area (Å²) in [6.45, 7) is 0.447. The number of rotatable bonds is 6. The highest BCUT2D eigenvalue weighted by Crippen LogP contribution is 2.27. The molecule has 18 heavy (non-hydrogen) atoms. The number of H-pyrrole nitrogens is 1. The van der Waals surface area contributed by atoms with E-state index in [1.54, 1.807) is 0 Å². The Bertz CT molecular complexity index is 344. The van der Waals surface area contributed by atoms with E-state index in [1.807, 2.05) is 0 Å².